The number of carbonyl (C=O) groups is 1. The highest BCUT2D eigenvalue weighted by Gasteiger charge is 2.52. The van der Waals surface area contributed by atoms with Gasteiger partial charge in [-0.15, -0.1) is 0 Å². The van der Waals surface area contributed by atoms with E-state index in [0.717, 1.165) is 43.1 Å². The van der Waals surface area contributed by atoms with Gasteiger partial charge in [-0.2, -0.15) is 5.10 Å². The van der Waals surface area contributed by atoms with Crippen LogP contribution in [0, 0.1) is 5.41 Å². The normalized spacial score (nSPS) is 26.1. The molecule has 168 valence electrons. The highest BCUT2D eigenvalue weighted by molar-refractivity contribution is 5.89. The maximum absolute atomic E-state index is 12.8. The molecule has 1 amide bonds. The molecule has 2 fully saturated rings. The Morgan fingerprint density at radius 1 is 1.22 bits per heavy atom. The number of rotatable bonds is 4. The van der Waals surface area contributed by atoms with E-state index in [1.165, 1.54) is 12.4 Å². The van der Waals surface area contributed by atoms with Crippen LogP contribution in [0.2, 0.25) is 0 Å². The molecular weight excluding hydrogens is 408 g/mol. The summed E-state index contributed by atoms with van der Waals surface area (Å²) in [6.07, 6.45) is 11.8. The van der Waals surface area contributed by atoms with Crippen LogP contribution in [-0.4, -0.2) is 48.1 Å². The van der Waals surface area contributed by atoms with Crippen LogP contribution in [0.1, 0.15) is 52.1 Å². The van der Waals surface area contributed by atoms with Crippen molar-refractivity contribution in [1.82, 2.24) is 24.7 Å². The third kappa shape index (κ3) is 3.81. The molecule has 0 aromatic carbocycles. The van der Waals surface area contributed by atoms with Gasteiger partial charge in [-0.25, -0.2) is 9.78 Å². The van der Waals surface area contributed by atoms with Crippen LogP contribution in [0.15, 0.2) is 37.1 Å². The third-order valence-corrected chi connectivity index (χ3v) is 6.57. The summed E-state index contributed by atoms with van der Waals surface area (Å²) < 4.78 is 7.96. The number of fused-ring (bicyclic) bond motifs is 1. The summed E-state index contributed by atoms with van der Waals surface area (Å²) in [4.78, 5) is 27.1. The fourth-order valence-electron chi connectivity index (χ4n) is 5.11. The van der Waals surface area contributed by atoms with Gasteiger partial charge < -0.3 is 9.84 Å². The molecule has 32 heavy (non-hydrogen) atoms. The monoisotopic (exact) mass is 436 g/mol. The van der Waals surface area contributed by atoms with Gasteiger partial charge in [-0.1, -0.05) is 6.92 Å². The van der Waals surface area contributed by atoms with Gasteiger partial charge in [0.25, 0.3) is 0 Å². The van der Waals surface area contributed by atoms with Crippen molar-refractivity contribution in [3.63, 3.8) is 0 Å². The topological polar surface area (TPSA) is 106 Å². The first kappa shape index (κ1) is 20.8. The van der Waals surface area contributed by atoms with Crippen LogP contribution in [0.5, 0.6) is 0 Å². The second kappa shape index (κ2) is 7.23. The van der Waals surface area contributed by atoms with E-state index in [9.17, 15) is 9.90 Å². The minimum atomic E-state index is -1.09. The van der Waals surface area contributed by atoms with Gasteiger partial charge in [-0.3, -0.25) is 19.5 Å². The zero-order valence-corrected chi connectivity index (χ0v) is 18.7. The molecule has 1 aliphatic carbocycles. The number of aliphatic hydroxyl groups is 1. The Bertz CT molecular complexity index is 1120. The van der Waals surface area contributed by atoms with Gasteiger partial charge in [0.15, 0.2) is 5.82 Å². The van der Waals surface area contributed by atoms with E-state index in [0.29, 0.717) is 18.1 Å². The lowest BCUT2D eigenvalue weighted by Gasteiger charge is -2.42. The lowest BCUT2D eigenvalue weighted by atomic mass is 9.68. The van der Waals surface area contributed by atoms with Crippen molar-refractivity contribution >= 4 is 22.8 Å². The van der Waals surface area contributed by atoms with Gasteiger partial charge >= 0.3 is 6.09 Å². The fourth-order valence-corrected chi connectivity index (χ4v) is 5.11. The number of amides is 1. The van der Waals surface area contributed by atoms with Gasteiger partial charge in [-0.05, 0) is 51.0 Å². The summed E-state index contributed by atoms with van der Waals surface area (Å²) in [5.74, 6) is 0.443. The first-order chi connectivity index (χ1) is 15.1. The van der Waals surface area contributed by atoms with Crippen LogP contribution in [0.3, 0.4) is 0 Å². The van der Waals surface area contributed by atoms with E-state index in [-0.39, 0.29) is 5.41 Å². The Morgan fingerprint density at radius 3 is 2.78 bits per heavy atom. The van der Waals surface area contributed by atoms with Crippen LogP contribution >= 0.6 is 0 Å². The Hall–Kier alpha value is -3.07. The van der Waals surface area contributed by atoms with E-state index in [1.807, 2.05) is 10.7 Å². The maximum Gasteiger partial charge on any atom is 0.416 e. The van der Waals surface area contributed by atoms with Crippen molar-refractivity contribution in [3.05, 3.63) is 42.7 Å². The Balaban J connectivity index is 1.34. The molecule has 1 saturated heterocycles. The molecule has 1 spiro atoms. The quantitative estimate of drug-likeness (QED) is 0.668. The zero-order valence-electron chi connectivity index (χ0n) is 18.7. The highest BCUT2D eigenvalue weighted by atomic mass is 16.6. The molecule has 5 rings (SSSR count). The molecule has 9 nitrogen and oxygen atoms in total. The Kier molecular flexibility index (Phi) is 4.70. The SMILES string of the molecule is CC(C)(O)c1cnc(N2C[C@@]3(CCC[C@](C)(Cn4cc5ccncc5n4)C3)OC2=O)cn1. The molecule has 9 heteroatoms. The minimum Gasteiger partial charge on any atom is -0.441 e. The lowest BCUT2D eigenvalue weighted by molar-refractivity contribution is -0.0277. The lowest BCUT2D eigenvalue weighted by Crippen LogP contribution is -2.45. The van der Waals surface area contributed by atoms with E-state index in [1.54, 1.807) is 31.1 Å². The number of carbonyl (C=O) groups excluding carboxylic acids is 1. The van der Waals surface area contributed by atoms with E-state index in [2.05, 4.69) is 33.2 Å². The van der Waals surface area contributed by atoms with Crippen molar-refractivity contribution in [2.24, 2.45) is 5.41 Å². The third-order valence-electron chi connectivity index (χ3n) is 6.57. The highest BCUT2D eigenvalue weighted by Crippen LogP contribution is 2.47. The predicted molar refractivity (Wildman–Crippen MR) is 118 cm³/mol. The number of hydrogen-bond acceptors (Lipinski definition) is 7. The summed E-state index contributed by atoms with van der Waals surface area (Å²) >= 11 is 0. The molecule has 3 aromatic heterocycles. The second-order valence-corrected chi connectivity index (χ2v) is 10.1. The van der Waals surface area contributed by atoms with Crippen LogP contribution in [0.25, 0.3) is 10.9 Å². The number of ether oxygens (including phenoxy) is 1. The van der Waals surface area contributed by atoms with Gasteiger partial charge in [0, 0.05) is 24.3 Å². The number of anilines is 1. The number of nitrogens with zero attached hydrogens (tertiary/aromatic N) is 6. The summed E-state index contributed by atoms with van der Waals surface area (Å²) in [5, 5.41) is 15.8. The van der Waals surface area contributed by atoms with Crippen LogP contribution in [0.4, 0.5) is 10.6 Å². The molecule has 3 aromatic rings. The van der Waals surface area contributed by atoms with Crippen molar-refractivity contribution in [1.29, 1.82) is 0 Å². The van der Waals surface area contributed by atoms with Gasteiger partial charge in [0.2, 0.25) is 0 Å². The molecule has 0 radical (unpaired) electrons. The number of pyridine rings is 1. The first-order valence-electron chi connectivity index (χ1n) is 11.0. The summed E-state index contributed by atoms with van der Waals surface area (Å²) in [5.41, 5.74) is -0.352. The minimum absolute atomic E-state index is 0.0551. The average Bonchev–Trinajstić information content (AvgIpc) is 3.26. The summed E-state index contributed by atoms with van der Waals surface area (Å²) in [7, 11) is 0. The second-order valence-electron chi connectivity index (χ2n) is 10.1. The molecule has 0 bridgehead atoms. The summed E-state index contributed by atoms with van der Waals surface area (Å²) in [6.45, 7) is 6.74. The van der Waals surface area contributed by atoms with Crippen molar-refractivity contribution < 1.29 is 14.6 Å². The molecule has 1 saturated carbocycles. The van der Waals surface area contributed by atoms with Gasteiger partial charge in [0.1, 0.15) is 16.7 Å². The van der Waals surface area contributed by atoms with Crippen molar-refractivity contribution in [2.75, 3.05) is 11.4 Å². The maximum atomic E-state index is 12.8. The molecule has 1 N–H and O–H groups in total. The Labute approximate surface area is 186 Å². The van der Waals surface area contributed by atoms with E-state index in [4.69, 9.17) is 4.74 Å². The average molecular weight is 437 g/mol. The smallest absolute Gasteiger partial charge is 0.416 e. The largest absolute Gasteiger partial charge is 0.441 e. The van der Waals surface area contributed by atoms with Gasteiger partial charge in [0.05, 0.1) is 30.8 Å². The van der Waals surface area contributed by atoms with E-state index < -0.39 is 17.3 Å². The molecule has 4 heterocycles. The predicted octanol–water partition coefficient (Wildman–Crippen LogP) is 3.42. The molecular formula is C23H28N6O3. The molecule has 2 aliphatic rings. The fraction of sp³-hybridized carbons (Fsp3) is 0.522. The van der Waals surface area contributed by atoms with E-state index >= 15 is 0 Å². The van der Waals surface area contributed by atoms with Crippen molar-refractivity contribution in [2.45, 2.75) is 64.2 Å². The number of aromatic nitrogens is 5. The van der Waals surface area contributed by atoms with Crippen LogP contribution in [-0.2, 0) is 16.9 Å². The molecule has 2 atom stereocenters. The zero-order chi connectivity index (χ0) is 22.6. The molecule has 1 aliphatic heterocycles. The summed E-state index contributed by atoms with van der Waals surface area (Å²) in [6, 6.07) is 1.96. The first-order valence-corrected chi connectivity index (χ1v) is 11.0. The standard InChI is InChI=1S/C23H28N6O3/c1-21(2,31)18-10-26-19(11-25-18)29-15-23(32-20(29)30)7-4-6-22(3,13-23)14-28-12-16-5-8-24-9-17(16)27-28/h5,8-12,31H,4,6-7,13-15H2,1-3H3/t22-,23-/m0/s1. The van der Waals surface area contributed by atoms with Crippen molar-refractivity contribution in [3.8, 4) is 0 Å². The number of hydrogen-bond donors (Lipinski definition) is 1. The Morgan fingerprint density at radius 2 is 2.06 bits per heavy atom. The molecule has 0 unspecified atom stereocenters. The van der Waals surface area contributed by atoms with Crippen LogP contribution < -0.4 is 4.90 Å².